The molecule has 0 aromatic heterocycles. The van der Waals surface area contributed by atoms with Crippen molar-refractivity contribution in [1.82, 2.24) is 9.80 Å². The summed E-state index contributed by atoms with van der Waals surface area (Å²) in [5.74, 6) is -0.264. The Morgan fingerprint density at radius 3 is 2.65 bits per heavy atom. The molecule has 3 rings (SSSR count). The maximum absolute atomic E-state index is 12.3. The van der Waals surface area contributed by atoms with Crippen molar-refractivity contribution in [2.24, 2.45) is 0 Å². The zero-order chi connectivity index (χ0) is 16.4. The molecular formula is C16H17BrN2O4. The van der Waals surface area contributed by atoms with Crippen LogP contribution in [-0.2, 0) is 20.7 Å². The molecule has 2 saturated heterocycles. The van der Waals surface area contributed by atoms with Gasteiger partial charge in [0.25, 0.3) is 5.91 Å². The number of carbonyl (C=O) groups is 3. The van der Waals surface area contributed by atoms with Crippen LogP contribution in [0.1, 0.15) is 18.4 Å². The molecule has 1 unspecified atom stereocenters. The van der Waals surface area contributed by atoms with Crippen molar-refractivity contribution >= 4 is 33.8 Å². The zero-order valence-electron chi connectivity index (χ0n) is 12.5. The predicted octanol–water partition coefficient (Wildman–Crippen LogP) is 1.96. The lowest BCUT2D eigenvalue weighted by atomic mass is 10.1. The van der Waals surface area contributed by atoms with Gasteiger partial charge in [0.15, 0.2) is 6.61 Å². The lowest BCUT2D eigenvalue weighted by molar-refractivity contribution is -0.131. The maximum atomic E-state index is 12.3. The van der Waals surface area contributed by atoms with Crippen molar-refractivity contribution < 1.29 is 19.1 Å². The van der Waals surface area contributed by atoms with Crippen molar-refractivity contribution in [2.75, 3.05) is 19.7 Å². The Bertz CT molecular complexity index is 615. The van der Waals surface area contributed by atoms with E-state index in [0.717, 1.165) is 14.9 Å². The van der Waals surface area contributed by atoms with Gasteiger partial charge >= 0.3 is 6.09 Å². The van der Waals surface area contributed by atoms with E-state index in [1.807, 2.05) is 24.3 Å². The highest BCUT2D eigenvalue weighted by atomic mass is 79.9. The van der Waals surface area contributed by atoms with Crippen LogP contribution in [0.25, 0.3) is 0 Å². The molecule has 1 aromatic rings. The van der Waals surface area contributed by atoms with E-state index in [1.165, 1.54) is 0 Å². The number of likely N-dealkylation sites (tertiary alicyclic amines) is 1. The first-order chi connectivity index (χ1) is 11.0. The summed E-state index contributed by atoms with van der Waals surface area (Å²) < 4.78 is 5.74. The minimum absolute atomic E-state index is 0.0513. The van der Waals surface area contributed by atoms with Crippen molar-refractivity contribution in [3.63, 3.8) is 0 Å². The van der Waals surface area contributed by atoms with Gasteiger partial charge in [-0.05, 0) is 30.5 Å². The van der Waals surface area contributed by atoms with E-state index in [0.29, 0.717) is 32.4 Å². The van der Waals surface area contributed by atoms with Gasteiger partial charge in [-0.2, -0.15) is 0 Å². The minimum Gasteiger partial charge on any atom is -0.439 e. The van der Waals surface area contributed by atoms with Crippen molar-refractivity contribution in [1.29, 1.82) is 0 Å². The number of imide groups is 1. The molecule has 0 bridgehead atoms. The number of aryl methyl sites for hydroxylation is 1. The molecule has 0 spiro atoms. The summed E-state index contributed by atoms with van der Waals surface area (Å²) >= 11 is 3.38. The highest BCUT2D eigenvalue weighted by Crippen LogP contribution is 2.21. The van der Waals surface area contributed by atoms with E-state index in [-0.39, 0.29) is 24.5 Å². The third-order valence-electron chi connectivity index (χ3n) is 4.21. The van der Waals surface area contributed by atoms with Crippen molar-refractivity contribution in [3.8, 4) is 0 Å². The van der Waals surface area contributed by atoms with Crippen LogP contribution >= 0.6 is 15.9 Å². The first-order valence-electron chi connectivity index (χ1n) is 7.55. The summed E-state index contributed by atoms with van der Waals surface area (Å²) in [5, 5.41) is 0. The van der Waals surface area contributed by atoms with Gasteiger partial charge in [0.2, 0.25) is 5.91 Å². The Balaban J connectivity index is 1.52. The van der Waals surface area contributed by atoms with E-state index in [2.05, 4.69) is 15.9 Å². The number of rotatable bonds is 4. The minimum atomic E-state index is -0.593. The normalized spacial score (nSPS) is 21.0. The zero-order valence-corrected chi connectivity index (χ0v) is 14.1. The topological polar surface area (TPSA) is 66.9 Å². The van der Waals surface area contributed by atoms with Crippen LogP contribution in [0, 0.1) is 0 Å². The molecule has 1 aromatic carbocycles. The highest BCUT2D eigenvalue weighted by Gasteiger charge is 2.41. The lowest BCUT2D eigenvalue weighted by Crippen LogP contribution is -2.42. The van der Waals surface area contributed by atoms with Crippen molar-refractivity contribution in [2.45, 2.75) is 25.3 Å². The van der Waals surface area contributed by atoms with Gasteiger partial charge in [0.05, 0.1) is 6.04 Å². The number of amides is 3. The molecule has 0 saturated carbocycles. The van der Waals surface area contributed by atoms with E-state index < -0.39 is 6.09 Å². The summed E-state index contributed by atoms with van der Waals surface area (Å²) in [6, 6.07) is 7.63. The molecule has 2 heterocycles. The number of cyclic esters (lactones) is 1. The van der Waals surface area contributed by atoms with Gasteiger partial charge in [-0.1, -0.05) is 28.1 Å². The van der Waals surface area contributed by atoms with E-state index in [1.54, 1.807) is 4.90 Å². The van der Waals surface area contributed by atoms with Crippen LogP contribution in [0.4, 0.5) is 4.79 Å². The summed E-state index contributed by atoms with van der Waals surface area (Å²) in [4.78, 5) is 38.4. The standard InChI is InChI=1S/C16H17BrN2O4/c17-12-4-1-11(2-5-12)3-6-14(20)18-8-7-13(9-18)19-15(21)10-23-16(19)22/h1-2,4-5,13H,3,6-10H2. The molecule has 2 aliphatic rings. The number of carbonyl (C=O) groups excluding carboxylic acids is 3. The monoisotopic (exact) mass is 380 g/mol. The predicted molar refractivity (Wildman–Crippen MR) is 85.6 cm³/mol. The maximum Gasteiger partial charge on any atom is 0.417 e. The molecule has 122 valence electrons. The fraction of sp³-hybridized carbons (Fsp3) is 0.438. The van der Waals surface area contributed by atoms with Gasteiger partial charge in [0, 0.05) is 24.0 Å². The molecule has 0 aliphatic carbocycles. The molecule has 2 fully saturated rings. The van der Waals surface area contributed by atoms with E-state index in [9.17, 15) is 14.4 Å². The Kier molecular flexibility index (Phi) is 4.66. The van der Waals surface area contributed by atoms with Gasteiger partial charge in [-0.15, -0.1) is 0 Å². The Hall–Kier alpha value is -1.89. The second-order valence-electron chi connectivity index (χ2n) is 5.73. The van der Waals surface area contributed by atoms with Crippen LogP contribution in [0.3, 0.4) is 0 Å². The van der Waals surface area contributed by atoms with Crippen LogP contribution < -0.4 is 0 Å². The number of ether oxygens (including phenoxy) is 1. The average Bonchev–Trinajstić information content (AvgIpc) is 3.13. The molecule has 6 nitrogen and oxygen atoms in total. The number of hydrogen-bond donors (Lipinski definition) is 0. The Morgan fingerprint density at radius 1 is 1.26 bits per heavy atom. The van der Waals surface area contributed by atoms with Crippen LogP contribution in [0.2, 0.25) is 0 Å². The fourth-order valence-corrected chi connectivity index (χ4v) is 3.22. The molecule has 3 amide bonds. The number of halogens is 1. The molecule has 7 heteroatoms. The Morgan fingerprint density at radius 2 is 2.00 bits per heavy atom. The summed E-state index contributed by atoms with van der Waals surface area (Å²) in [6.45, 7) is 0.785. The van der Waals surface area contributed by atoms with Crippen LogP contribution in [-0.4, -0.2) is 53.4 Å². The van der Waals surface area contributed by atoms with Gasteiger partial charge in [-0.3, -0.25) is 9.59 Å². The Labute approximate surface area is 142 Å². The molecule has 0 N–H and O–H groups in total. The second-order valence-corrected chi connectivity index (χ2v) is 6.64. The first kappa shape index (κ1) is 16.0. The van der Waals surface area contributed by atoms with Crippen LogP contribution in [0.5, 0.6) is 0 Å². The fourth-order valence-electron chi connectivity index (χ4n) is 2.96. The SMILES string of the molecule is O=C(CCc1ccc(Br)cc1)N1CCC(N2C(=O)COC2=O)C1. The molecule has 1 atom stereocenters. The molecule has 23 heavy (non-hydrogen) atoms. The van der Waals surface area contributed by atoms with E-state index in [4.69, 9.17) is 4.74 Å². The summed E-state index contributed by atoms with van der Waals surface area (Å²) in [5.41, 5.74) is 1.11. The smallest absolute Gasteiger partial charge is 0.417 e. The quantitative estimate of drug-likeness (QED) is 0.800. The van der Waals surface area contributed by atoms with Gasteiger partial charge in [0.1, 0.15) is 0 Å². The first-order valence-corrected chi connectivity index (χ1v) is 8.35. The molecule has 0 radical (unpaired) electrons. The third kappa shape index (κ3) is 3.55. The summed E-state index contributed by atoms with van der Waals surface area (Å²) in [7, 11) is 0. The van der Waals surface area contributed by atoms with E-state index >= 15 is 0 Å². The van der Waals surface area contributed by atoms with Crippen LogP contribution in [0.15, 0.2) is 28.7 Å². The number of benzene rings is 1. The van der Waals surface area contributed by atoms with Gasteiger partial charge < -0.3 is 9.64 Å². The third-order valence-corrected chi connectivity index (χ3v) is 4.74. The van der Waals surface area contributed by atoms with Gasteiger partial charge in [-0.25, -0.2) is 9.69 Å². The average molecular weight is 381 g/mol. The second kappa shape index (κ2) is 6.70. The molecular weight excluding hydrogens is 364 g/mol. The van der Waals surface area contributed by atoms with Crippen molar-refractivity contribution in [3.05, 3.63) is 34.3 Å². The number of hydrogen-bond acceptors (Lipinski definition) is 4. The lowest BCUT2D eigenvalue weighted by Gasteiger charge is -2.20. The molecule has 2 aliphatic heterocycles. The summed E-state index contributed by atoms with van der Waals surface area (Å²) in [6.07, 6.45) is 1.12. The largest absolute Gasteiger partial charge is 0.439 e. The highest BCUT2D eigenvalue weighted by molar-refractivity contribution is 9.10. The number of nitrogens with zero attached hydrogens (tertiary/aromatic N) is 2.